The summed E-state index contributed by atoms with van der Waals surface area (Å²) in [6.07, 6.45) is 0. The van der Waals surface area contributed by atoms with Gasteiger partial charge in [-0.05, 0) is 13.8 Å². The van der Waals surface area contributed by atoms with E-state index in [0.717, 1.165) is 37.9 Å². The number of hydrogen-bond donors (Lipinski definition) is 0. The van der Waals surface area contributed by atoms with E-state index >= 15 is 0 Å². The molecule has 0 N–H and O–H groups in total. The second-order valence-electron chi connectivity index (χ2n) is 5.86. The summed E-state index contributed by atoms with van der Waals surface area (Å²) in [6.45, 7) is 10.5. The quantitative estimate of drug-likeness (QED) is 0.617. The maximum absolute atomic E-state index is 11.4. The van der Waals surface area contributed by atoms with Crippen molar-refractivity contribution in [3.63, 3.8) is 0 Å². The van der Waals surface area contributed by atoms with E-state index in [0.29, 0.717) is 23.3 Å². The first-order chi connectivity index (χ1) is 11.0. The van der Waals surface area contributed by atoms with Gasteiger partial charge in [0.15, 0.2) is 5.17 Å². The van der Waals surface area contributed by atoms with Gasteiger partial charge in [-0.15, -0.1) is 0 Å². The van der Waals surface area contributed by atoms with Gasteiger partial charge < -0.3 is 9.80 Å². The van der Waals surface area contributed by atoms with Gasteiger partial charge in [0.25, 0.3) is 0 Å². The third-order valence-corrected chi connectivity index (χ3v) is 5.34. The second-order valence-corrected chi connectivity index (χ2v) is 7.26. The summed E-state index contributed by atoms with van der Waals surface area (Å²) in [7, 11) is 0. The van der Waals surface area contributed by atoms with Crippen LogP contribution >= 0.6 is 11.8 Å². The molecule has 0 radical (unpaired) electrons. The number of aliphatic imine (C=N–C) groups is 1. The molecule has 0 spiro atoms. The minimum Gasteiger partial charge on any atom is -0.348 e. The van der Waals surface area contributed by atoms with Crippen molar-refractivity contribution in [2.75, 3.05) is 37.6 Å². The number of nitrogens with zero attached hydrogens (tertiary/aromatic N) is 6. The lowest BCUT2D eigenvalue weighted by Gasteiger charge is -2.36. The van der Waals surface area contributed by atoms with Crippen LogP contribution in [0.2, 0.25) is 0 Å². The molecule has 8 nitrogen and oxygen atoms in total. The number of rotatable bonds is 3. The number of nitro groups is 1. The van der Waals surface area contributed by atoms with E-state index in [1.807, 2.05) is 18.7 Å². The molecule has 3 heterocycles. The van der Waals surface area contributed by atoms with E-state index in [2.05, 4.69) is 26.8 Å². The number of amidine groups is 1. The summed E-state index contributed by atoms with van der Waals surface area (Å²) < 4.78 is 1.74. The van der Waals surface area contributed by atoms with Crippen molar-refractivity contribution in [1.29, 1.82) is 0 Å². The molecule has 1 aromatic rings. The van der Waals surface area contributed by atoms with Crippen LogP contribution in [-0.2, 0) is 6.54 Å². The fourth-order valence-corrected chi connectivity index (χ4v) is 4.04. The Hall–Kier alpha value is -1.77. The molecule has 2 aliphatic heterocycles. The Morgan fingerprint density at radius 3 is 2.48 bits per heavy atom. The molecule has 0 unspecified atom stereocenters. The fraction of sp³-hybridized carbons (Fsp3) is 0.714. The van der Waals surface area contributed by atoms with Crippen LogP contribution in [0.1, 0.15) is 19.5 Å². The van der Waals surface area contributed by atoms with Crippen LogP contribution < -0.4 is 4.90 Å². The first-order valence-electron chi connectivity index (χ1n) is 7.94. The second kappa shape index (κ2) is 6.38. The molecule has 1 aromatic heterocycles. The van der Waals surface area contributed by atoms with E-state index in [9.17, 15) is 10.1 Å². The molecule has 0 bridgehead atoms. The molecule has 1 saturated heterocycles. The van der Waals surface area contributed by atoms with Crippen LogP contribution in [-0.4, -0.2) is 62.7 Å². The minimum absolute atomic E-state index is 0.140. The molecular formula is C14H22N6O2S. The maximum atomic E-state index is 11.4. The molecule has 0 amide bonds. The topological polar surface area (TPSA) is 79.8 Å². The van der Waals surface area contributed by atoms with Gasteiger partial charge in [0.1, 0.15) is 5.69 Å². The monoisotopic (exact) mass is 338 g/mol. The Kier molecular flexibility index (Phi) is 4.47. The molecule has 0 aliphatic carbocycles. The lowest BCUT2D eigenvalue weighted by molar-refractivity contribution is -0.384. The standard InChI is InChI=1S/C14H22N6O2S/c1-4-19-13(12(20(21)22)11(3)16-19)17-5-7-18(8-6-17)14-15-9-10(2)23-14/h10H,4-9H2,1-3H3/t10-/m1/s1. The highest BCUT2D eigenvalue weighted by molar-refractivity contribution is 8.14. The maximum Gasteiger partial charge on any atom is 0.333 e. The van der Waals surface area contributed by atoms with E-state index in [1.54, 1.807) is 11.6 Å². The van der Waals surface area contributed by atoms with Crippen molar-refractivity contribution in [3.8, 4) is 0 Å². The van der Waals surface area contributed by atoms with Crippen LogP contribution in [0.15, 0.2) is 4.99 Å². The van der Waals surface area contributed by atoms with Gasteiger partial charge in [-0.3, -0.25) is 15.1 Å². The normalized spacial score (nSPS) is 21.7. The molecule has 0 saturated carbocycles. The fourth-order valence-electron chi connectivity index (χ4n) is 3.05. The van der Waals surface area contributed by atoms with Gasteiger partial charge in [0.2, 0.25) is 5.82 Å². The molecule has 9 heteroatoms. The van der Waals surface area contributed by atoms with Gasteiger partial charge >= 0.3 is 5.69 Å². The Morgan fingerprint density at radius 1 is 1.30 bits per heavy atom. The summed E-state index contributed by atoms with van der Waals surface area (Å²) in [6, 6.07) is 0. The Labute approximate surface area is 139 Å². The summed E-state index contributed by atoms with van der Waals surface area (Å²) in [5.41, 5.74) is 0.625. The Morgan fingerprint density at radius 2 is 1.96 bits per heavy atom. The van der Waals surface area contributed by atoms with E-state index in [-0.39, 0.29) is 10.6 Å². The zero-order valence-corrected chi connectivity index (χ0v) is 14.5. The Balaban J connectivity index is 1.76. The van der Waals surface area contributed by atoms with Crippen LogP contribution in [0.3, 0.4) is 0 Å². The summed E-state index contributed by atoms with van der Waals surface area (Å²) in [5, 5.41) is 17.4. The highest BCUT2D eigenvalue weighted by Crippen LogP contribution is 2.33. The first kappa shape index (κ1) is 16.1. The summed E-state index contributed by atoms with van der Waals surface area (Å²) in [4.78, 5) is 20.1. The van der Waals surface area contributed by atoms with E-state index < -0.39 is 0 Å². The van der Waals surface area contributed by atoms with Gasteiger partial charge in [0, 0.05) is 38.0 Å². The van der Waals surface area contributed by atoms with Gasteiger partial charge in [-0.25, -0.2) is 4.68 Å². The number of hydrogen-bond acceptors (Lipinski definition) is 7. The van der Waals surface area contributed by atoms with Crippen molar-refractivity contribution in [2.24, 2.45) is 4.99 Å². The molecule has 1 atom stereocenters. The largest absolute Gasteiger partial charge is 0.348 e. The van der Waals surface area contributed by atoms with Gasteiger partial charge in [-0.1, -0.05) is 18.7 Å². The molecule has 0 aromatic carbocycles. The zero-order chi connectivity index (χ0) is 16.6. The number of aromatic nitrogens is 2. The average molecular weight is 338 g/mol. The van der Waals surface area contributed by atoms with Crippen molar-refractivity contribution < 1.29 is 4.92 Å². The minimum atomic E-state index is -0.311. The molecule has 126 valence electrons. The average Bonchev–Trinajstić information content (AvgIpc) is 3.10. The Bertz CT molecular complexity index is 635. The van der Waals surface area contributed by atoms with E-state index in [1.165, 1.54) is 0 Å². The smallest absolute Gasteiger partial charge is 0.333 e. The molecule has 1 fully saturated rings. The number of thioether (sulfide) groups is 1. The van der Waals surface area contributed by atoms with Crippen LogP contribution in [0.25, 0.3) is 0 Å². The molecular weight excluding hydrogens is 316 g/mol. The predicted octanol–water partition coefficient (Wildman–Crippen LogP) is 1.73. The van der Waals surface area contributed by atoms with Gasteiger partial charge in [0.05, 0.1) is 11.5 Å². The summed E-state index contributed by atoms with van der Waals surface area (Å²) >= 11 is 1.82. The third-order valence-electron chi connectivity index (χ3n) is 4.19. The molecule has 2 aliphatic rings. The highest BCUT2D eigenvalue weighted by Gasteiger charge is 2.32. The summed E-state index contributed by atoms with van der Waals surface area (Å²) in [5.74, 6) is 0.643. The SMILES string of the molecule is CCn1nc(C)c([N+](=O)[O-])c1N1CCN(C2=NC[C@@H](C)S2)CC1. The number of anilines is 1. The van der Waals surface area contributed by atoms with Crippen molar-refractivity contribution in [3.05, 3.63) is 15.8 Å². The third kappa shape index (κ3) is 3.01. The van der Waals surface area contributed by atoms with E-state index in [4.69, 9.17) is 0 Å². The molecule has 23 heavy (non-hydrogen) atoms. The van der Waals surface area contributed by atoms with Crippen LogP contribution in [0, 0.1) is 17.0 Å². The van der Waals surface area contributed by atoms with Crippen molar-refractivity contribution in [1.82, 2.24) is 14.7 Å². The highest BCUT2D eigenvalue weighted by atomic mass is 32.2. The van der Waals surface area contributed by atoms with Crippen LogP contribution in [0.5, 0.6) is 0 Å². The van der Waals surface area contributed by atoms with Crippen molar-refractivity contribution in [2.45, 2.75) is 32.6 Å². The zero-order valence-electron chi connectivity index (χ0n) is 13.7. The van der Waals surface area contributed by atoms with Crippen LogP contribution in [0.4, 0.5) is 11.5 Å². The van der Waals surface area contributed by atoms with Crippen molar-refractivity contribution >= 4 is 28.4 Å². The predicted molar refractivity (Wildman–Crippen MR) is 92.4 cm³/mol. The lowest BCUT2D eigenvalue weighted by atomic mass is 10.3. The molecule has 3 rings (SSSR count). The first-order valence-corrected chi connectivity index (χ1v) is 8.82. The van der Waals surface area contributed by atoms with Gasteiger partial charge in [-0.2, -0.15) is 5.10 Å². The number of piperazine rings is 1. The lowest BCUT2D eigenvalue weighted by Crippen LogP contribution is -2.48. The number of aryl methyl sites for hydroxylation is 2.